The minimum Gasteiger partial charge on any atom is -0.497 e. The standard InChI is InChI=1S/C15H14INO2.C14H9F3INO2.C14H11FINO2.C14H11I2NO2.C14H12INO3/c1-9-3-5-14(12(7-9)15(18)19)17-13-6-4-11(16)8-10(13)2;1-6-4-7(18)2-3-10(6)19-13-9(15)5-8(14(20)21)11(16)12(13)17;1-8-6-10(16)3-5-12(8)17-13-4-2-9(15)7-11(13)14(18)19;1-8-6-9(15)2-4-12(8)17-13-5-3-10(16)7-11(13)14(18)19;1-19-11-6-7-13(12(8-11)14(17)18)16-10-4-2-9(15)3-5-10/h3-8,17H,1-2H3,(H,18,19);2-5,19H,1H3,(H,20,21);2*2-7,17H,1H3,(H,18,19);2-8,16H,1H3,(H,17,18). The molecule has 10 aromatic rings. The van der Waals surface area contributed by atoms with Crippen LogP contribution in [0, 0.1) is 79.3 Å². The quantitative estimate of drug-likeness (QED) is 0.0245. The summed E-state index contributed by atoms with van der Waals surface area (Å²) in [5.74, 6) is -10.1. The molecule has 0 heterocycles. The highest BCUT2D eigenvalue weighted by Crippen LogP contribution is 2.33. The van der Waals surface area contributed by atoms with Gasteiger partial charge in [0.05, 0.1) is 52.1 Å². The molecule has 0 saturated carbocycles. The lowest BCUT2D eigenvalue weighted by Crippen LogP contribution is -2.08. The molecular formula is C71H57F4I6N5O11. The summed E-state index contributed by atoms with van der Waals surface area (Å²) in [5.41, 5.74) is 9.72. The molecule has 0 aliphatic carbocycles. The molecule has 26 heteroatoms. The van der Waals surface area contributed by atoms with Gasteiger partial charge >= 0.3 is 29.8 Å². The molecule has 0 aliphatic heterocycles. The number of hydrogen-bond acceptors (Lipinski definition) is 11. The van der Waals surface area contributed by atoms with Crippen molar-refractivity contribution in [3.63, 3.8) is 0 Å². The maximum atomic E-state index is 13.8. The Hall–Kier alpha value is -7.55. The molecule has 0 radical (unpaired) electrons. The van der Waals surface area contributed by atoms with E-state index in [0.29, 0.717) is 45.8 Å². The van der Waals surface area contributed by atoms with E-state index in [4.69, 9.17) is 14.9 Å². The molecule has 0 saturated heterocycles. The lowest BCUT2D eigenvalue weighted by atomic mass is 10.1. The van der Waals surface area contributed by atoms with Crippen LogP contribution < -0.4 is 31.3 Å². The van der Waals surface area contributed by atoms with Crippen LogP contribution in [0.25, 0.3) is 0 Å². The Bertz CT molecular complexity index is 4320. The summed E-state index contributed by atoms with van der Waals surface area (Å²) in [5, 5.41) is 60.4. The third-order valence-corrected chi connectivity index (χ3v) is 17.7. The first-order chi connectivity index (χ1) is 45.8. The summed E-state index contributed by atoms with van der Waals surface area (Å²) in [6.07, 6.45) is 0. The fourth-order valence-corrected chi connectivity index (χ4v) is 12.1. The molecule has 0 fully saturated rings. The summed E-state index contributed by atoms with van der Waals surface area (Å²) in [6, 6.07) is 50.3. The summed E-state index contributed by atoms with van der Waals surface area (Å²) < 4.78 is 65.7. The van der Waals surface area contributed by atoms with E-state index in [-0.39, 0.29) is 22.3 Å². The topological polar surface area (TPSA) is 256 Å². The van der Waals surface area contributed by atoms with Gasteiger partial charge < -0.3 is 56.9 Å². The van der Waals surface area contributed by atoms with Crippen molar-refractivity contribution in [3.05, 3.63) is 276 Å². The number of methoxy groups -OCH3 is 1. The van der Waals surface area contributed by atoms with Gasteiger partial charge in [-0.3, -0.25) is 0 Å². The summed E-state index contributed by atoms with van der Waals surface area (Å²) in [4.78, 5) is 55.5. The molecule has 0 unspecified atom stereocenters. The van der Waals surface area contributed by atoms with Crippen molar-refractivity contribution in [2.45, 2.75) is 34.6 Å². The maximum absolute atomic E-state index is 13.8. The Morgan fingerprint density at radius 2 is 0.660 bits per heavy atom. The molecule has 16 nitrogen and oxygen atoms in total. The first kappa shape index (κ1) is 78.4. The van der Waals surface area contributed by atoms with E-state index >= 15 is 0 Å². The van der Waals surface area contributed by atoms with Gasteiger partial charge in [-0.2, -0.15) is 0 Å². The van der Waals surface area contributed by atoms with Crippen LogP contribution in [-0.4, -0.2) is 62.5 Å². The normalized spacial score (nSPS) is 10.3. The third kappa shape index (κ3) is 23.3. The van der Waals surface area contributed by atoms with Gasteiger partial charge in [0.15, 0.2) is 17.5 Å². The zero-order chi connectivity index (χ0) is 71.5. The van der Waals surface area contributed by atoms with E-state index in [2.05, 4.69) is 174 Å². The number of nitrogens with one attached hydrogen (secondary N) is 5. The van der Waals surface area contributed by atoms with Crippen molar-refractivity contribution in [1.82, 2.24) is 0 Å². The van der Waals surface area contributed by atoms with Gasteiger partial charge in [0.25, 0.3) is 0 Å². The number of anilines is 10. The Morgan fingerprint density at radius 1 is 0.330 bits per heavy atom. The van der Waals surface area contributed by atoms with E-state index in [9.17, 15) is 56.9 Å². The average Bonchev–Trinajstić information content (AvgIpc) is 0.814. The first-order valence-electron chi connectivity index (χ1n) is 28.2. The molecule has 0 bridgehead atoms. The van der Waals surface area contributed by atoms with Crippen molar-refractivity contribution in [2.24, 2.45) is 0 Å². The summed E-state index contributed by atoms with van der Waals surface area (Å²) in [6.45, 7) is 9.53. The van der Waals surface area contributed by atoms with E-state index in [1.807, 2.05) is 107 Å². The Balaban J connectivity index is 0.000000192. The number of carboxylic acids is 5. The van der Waals surface area contributed by atoms with Crippen LogP contribution in [0.5, 0.6) is 5.75 Å². The molecule has 0 aliphatic rings. The number of benzene rings is 10. The summed E-state index contributed by atoms with van der Waals surface area (Å²) >= 11 is 13.1. The number of rotatable bonds is 16. The van der Waals surface area contributed by atoms with E-state index < -0.39 is 64.4 Å². The number of hydrogen-bond donors (Lipinski definition) is 10. The minimum atomic E-state index is -1.73. The molecular weight excluding hydrogens is 1940 g/mol. The van der Waals surface area contributed by atoms with E-state index in [1.54, 1.807) is 61.5 Å². The largest absolute Gasteiger partial charge is 0.497 e. The van der Waals surface area contributed by atoms with Crippen LogP contribution in [0.15, 0.2) is 176 Å². The van der Waals surface area contributed by atoms with Crippen LogP contribution in [0.4, 0.5) is 74.4 Å². The van der Waals surface area contributed by atoms with Crippen LogP contribution in [0.1, 0.15) is 79.6 Å². The lowest BCUT2D eigenvalue weighted by molar-refractivity contribution is 0.0680. The predicted molar refractivity (Wildman–Crippen MR) is 422 cm³/mol. The zero-order valence-corrected chi connectivity index (χ0v) is 64.7. The average molecular weight is 1990 g/mol. The van der Waals surface area contributed by atoms with Gasteiger partial charge in [-0.05, 0) is 362 Å². The molecule has 0 aromatic heterocycles. The SMILES string of the molecule is COc1ccc(Nc2ccc(I)cc2)c(C(=O)O)c1.Cc1cc(I)ccc1Nc1c(F)cc(C(=O)O)c(F)c1F.Cc1cc(I)ccc1Nc1ccc(F)cc1C(=O)O.Cc1cc(I)ccc1Nc1ccc(I)cc1C(=O)O.Cc1ccc(Nc2ccc(I)cc2C)c(C(=O)O)c1. The Kier molecular flexibility index (Phi) is 29.8. The number of ether oxygens (including phenoxy) is 1. The van der Waals surface area contributed by atoms with Crippen molar-refractivity contribution in [2.75, 3.05) is 33.7 Å². The minimum absolute atomic E-state index is 0.0852. The van der Waals surface area contributed by atoms with Gasteiger partial charge in [-0.15, -0.1) is 0 Å². The van der Waals surface area contributed by atoms with Crippen LogP contribution >= 0.6 is 136 Å². The predicted octanol–water partition coefficient (Wildman–Crippen LogP) is 21.4. The highest BCUT2D eigenvalue weighted by molar-refractivity contribution is 14.1. The highest BCUT2D eigenvalue weighted by atomic mass is 127. The smallest absolute Gasteiger partial charge is 0.338 e. The molecule has 10 N–H and O–H groups in total. The molecule has 0 amide bonds. The number of carbonyl (C=O) groups is 5. The zero-order valence-electron chi connectivity index (χ0n) is 51.7. The van der Waals surface area contributed by atoms with E-state index in [0.717, 1.165) is 72.5 Å². The van der Waals surface area contributed by atoms with Gasteiger partial charge in [-0.1, -0.05) is 11.6 Å². The Labute approximate surface area is 637 Å². The van der Waals surface area contributed by atoms with Gasteiger partial charge in [0.1, 0.15) is 22.8 Å². The van der Waals surface area contributed by atoms with Crippen LogP contribution in [0.3, 0.4) is 0 Å². The lowest BCUT2D eigenvalue weighted by Gasteiger charge is -2.13. The summed E-state index contributed by atoms with van der Waals surface area (Å²) in [7, 11) is 1.51. The molecule has 0 spiro atoms. The van der Waals surface area contributed by atoms with Crippen molar-refractivity contribution >= 4 is 222 Å². The molecule has 97 heavy (non-hydrogen) atoms. The van der Waals surface area contributed by atoms with Crippen LogP contribution in [-0.2, 0) is 0 Å². The van der Waals surface area contributed by atoms with Crippen molar-refractivity contribution < 1.29 is 71.8 Å². The monoisotopic (exact) mass is 1990 g/mol. The number of aromatic carboxylic acids is 5. The maximum Gasteiger partial charge on any atom is 0.338 e. The van der Waals surface area contributed by atoms with E-state index in [1.165, 1.54) is 25.3 Å². The highest BCUT2D eigenvalue weighted by Gasteiger charge is 2.24. The van der Waals surface area contributed by atoms with Crippen molar-refractivity contribution in [1.29, 1.82) is 0 Å². The number of carboxylic acid groups (broad SMARTS) is 5. The number of aryl methyl sites for hydroxylation is 5. The second kappa shape index (κ2) is 36.9. The van der Waals surface area contributed by atoms with Crippen LogP contribution in [0.2, 0.25) is 0 Å². The number of halogens is 10. The molecule has 0 atom stereocenters. The van der Waals surface area contributed by atoms with Crippen molar-refractivity contribution in [3.8, 4) is 5.75 Å². The van der Waals surface area contributed by atoms with Gasteiger partial charge in [0, 0.05) is 49.9 Å². The Morgan fingerprint density at radius 3 is 1.07 bits per heavy atom. The van der Waals surface area contributed by atoms with Gasteiger partial charge in [-0.25, -0.2) is 41.5 Å². The molecule has 10 aromatic carbocycles. The fraction of sp³-hybridized carbons (Fsp3) is 0.0845. The fourth-order valence-electron chi connectivity index (χ4n) is 8.68. The first-order valence-corrected chi connectivity index (χ1v) is 34.7. The molecule has 502 valence electrons. The molecule has 10 rings (SSSR count). The van der Waals surface area contributed by atoms with Gasteiger partial charge in [0.2, 0.25) is 0 Å². The third-order valence-electron chi connectivity index (χ3n) is 13.6. The second-order valence-electron chi connectivity index (χ2n) is 20.7. The second-order valence-corrected chi connectivity index (χ2v) is 28.2.